The molecule has 0 unspecified atom stereocenters. The van der Waals surface area contributed by atoms with Gasteiger partial charge in [0.05, 0.1) is 5.56 Å². The van der Waals surface area contributed by atoms with Gasteiger partial charge in [0.15, 0.2) is 12.4 Å². The van der Waals surface area contributed by atoms with E-state index in [0.29, 0.717) is 16.9 Å². The van der Waals surface area contributed by atoms with Crippen molar-refractivity contribution in [2.75, 3.05) is 17.2 Å². The van der Waals surface area contributed by atoms with Crippen LogP contribution in [0.15, 0.2) is 48.5 Å². The Kier molecular flexibility index (Phi) is 7.30. The Labute approximate surface area is 174 Å². The van der Waals surface area contributed by atoms with Gasteiger partial charge in [-0.1, -0.05) is 6.07 Å². The number of ether oxygens (including phenoxy) is 2. The van der Waals surface area contributed by atoms with E-state index >= 15 is 0 Å². The van der Waals surface area contributed by atoms with E-state index in [1.54, 1.807) is 45.0 Å². The molecule has 0 aliphatic rings. The van der Waals surface area contributed by atoms with Gasteiger partial charge in [0.1, 0.15) is 5.60 Å². The van der Waals surface area contributed by atoms with E-state index in [1.807, 2.05) is 0 Å². The summed E-state index contributed by atoms with van der Waals surface area (Å²) in [5.41, 5.74) is 0.792. The highest BCUT2D eigenvalue weighted by atomic mass is 16.6. The highest BCUT2D eigenvalue weighted by molar-refractivity contribution is 6.00. The lowest BCUT2D eigenvalue weighted by atomic mass is 10.1. The predicted octanol–water partition coefficient (Wildman–Crippen LogP) is 4.03. The van der Waals surface area contributed by atoms with Gasteiger partial charge in [0.2, 0.25) is 5.91 Å². The van der Waals surface area contributed by atoms with E-state index in [9.17, 15) is 19.2 Å². The second-order valence-corrected chi connectivity index (χ2v) is 7.47. The largest absolute Gasteiger partial charge is 0.454 e. The highest BCUT2D eigenvalue weighted by Gasteiger charge is 2.17. The smallest absolute Gasteiger partial charge is 0.412 e. The van der Waals surface area contributed by atoms with Crippen LogP contribution in [0.5, 0.6) is 0 Å². The number of esters is 1. The maximum atomic E-state index is 12.3. The van der Waals surface area contributed by atoms with E-state index < -0.39 is 24.3 Å². The van der Waals surface area contributed by atoms with Gasteiger partial charge in [0.25, 0.3) is 0 Å². The van der Waals surface area contributed by atoms with Crippen LogP contribution in [-0.4, -0.2) is 36.0 Å². The van der Waals surface area contributed by atoms with Crippen LogP contribution >= 0.6 is 0 Å². The maximum absolute atomic E-state index is 12.3. The Hall–Kier alpha value is -3.68. The molecule has 0 aromatic heterocycles. The lowest BCUT2D eigenvalue weighted by molar-refractivity contribution is -0.114. The zero-order valence-electron chi connectivity index (χ0n) is 17.3. The lowest BCUT2D eigenvalue weighted by Gasteiger charge is -2.19. The first kappa shape index (κ1) is 22.6. The first-order valence-corrected chi connectivity index (χ1v) is 9.21. The number of ketones is 1. The lowest BCUT2D eigenvalue weighted by Crippen LogP contribution is -2.27. The molecule has 2 aromatic rings. The average molecular weight is 412 g/mol. The van der Waals surface area contributed by atoms with Crippen LogP contribution in [0, 0.1) is 0 Å². The monoisotopic (exact) mass is 412 g/mol. The number of carbonyl (C=O) groups excluding carboxylic acids is 4. The van der Waals surface area contributed by atoms with Gasteiger partial charge in [0, 0.05) is 23.9 Å². The van der Waals surface area contributed by atoms with E-state index in [-0.39, 0.29) is 17.3 Å². The molecular weight excluding hydrogens is 388 g/mol. The van der Waals surface area contributed by atoms with Crippen LogP contribution in [0.1, 0.15) is 48.4 Å². The van der Waals surface area contributed by atoms with Crippen molar-refractivity contribution in [2.45, 2.75) is 33.3 Å². The quantitative estimate of drug-likeness (QED) is 0.547. The van der Waals surface area contributed by atoms with Gasteiger partial charge < -0.3 is 14.8 Å². The van der Waals surface area contributed by atoms with Crippen LogP contribution in [0.2, 0.25) is 0 Å². The summed E-state index contributed by atoms with van der Waals surface area (Å²) >= 11 is 0. The van der Waals surface area contributed by atoms with Crippen molar-refractivity contribution in [1.29, 1.82) is 0 Å². The number of benzene rings is 2. The molecular formula is C22H24N2O6. The van der Waals surface area contributed by atoms with E-state index in [2.05, 4.69) is 10.6 Å². The van der Waals surface area contributed by atoms with Crippen molar-refractivity contribution in [3.63, 3.8) is 0 Å². The number of hydrogen-bond donors (Lipinski definition) is 2. The van der Waals surface area contributed by atoms with Crippen LogP contribution < -0.4 is 10.6 Å². The molecule has 0 fully saturated rings. The fourth-order valence-corrected chi connectivity index (χ4v) is 2.39. The fourth-order valence-electron chi connectivity index (χ4n) is 2.39. The van der Waals surface area contributed by atoms with Crippen LogP contribution in [0.4, 0.5) is 16.2 Å². The number of carbonyl (C=O) groups is 4. The van der Waals surface area contributed by atoms with Crippen LogP contribution in [0.25, 0.3) is 0 Å². The number of amides is 2. The molecule has 0 spiro atoms. The summed E-state index contributed by atoms with van der Waals surface area (Å²) in [6.45, 7) is 6.17. The molecule has 0 atom stereocenters. The molecule has 2 rings (SSSR count). The van der Waals surface area contributed by atoms with Gasteiger partial charge in [-0.3, -0.25) is 14.9 Å². The van der Waals surface area contributed by atoms with E-state index in [4.69, 9.17) is 9.47 Å². The molecule has 2 amide bonds. The normalized spacial score (nSPS) is 10.7. The molecule has 0 heterocycles. The number of anilines is 2. The molecule has 0 radical (unpaired) electrons. The number of nitrogens with one attached hydrogen (secondary N) is 2. The summed E-state index contributed by atoms with van der Waals surface area (Å²) in [6.07, 6.45) is -0.647. The van der Waals surface area contributed by atoms with Gasteiger partial charge >= 0.3 is 12.1 Å². The molecule has 2 N–H and O–H groups in total. The molecule has 8 heteroatoms. The summed E-state index contributed by atoms with van der Waals surface area (Å²) in [6, 6.07) is 12.4. The van der Waals surface area contributed by atoms with Crippen molar-refractivity contribution in [1.82, 2.24) is 0 Å². The second-order valence-electron chi connectivity index (χ2n) is 7.47. The van der Waals surface area contributed by atoms with Crippen LogP contribution in [-0.2, 0) is 14.3 Å². The van der Waals surface area contributed by atoms with Gasteiger partial charge in [-0.05, 0) is 63.2 Å². The Morgan fingerprint density at radius 3 is 2.13 bits per heavy atom. The topological polar surface area (TPSA) is 111 Å². The Bertz CT molecular complexity index is 945. The zero-order valence-corrected chi connectivity index (χ0v) is 17.3. The summed E-state index contributed by atoms with van der Waals surface area (Å²) < 4.78 is 10.2. The van der Waals surface area contributed by atoms with Crippen molar-refractivity contribution >= 4 is 35.1 Å². The minimum absolute atomic E-state index is 0.178. The zero-order chi connectivity index (χ0) is 22.3. The van der Waals surface area contributed by atoms with E-state index in [1.165, 1.54) is 31.2 Å². The first-order valence-electron chi connectivity index (χ1n) is 9.21. The minimum Gasteiger partial charge on any atom is -0.454 e. The Balaban J connectivity index is 1.93. The summed E-state index contributed by atoms with van der Waals surface area (Å²) in [5, 5.41) is 5.14. The predicted molar refractivity (Wildman–Crippen MR) is 112 cm³/mol. The van der Waals surface area contributed by atoms with Gasteiger partial charge in [-0.2, -0.15) is 0 Å². The maximum Gasteiger partial charge on any atom is 0.412 e. The van der Waals surface area contributed by atoms with Gasteiger partial charge in [-0.25, -0.2) is 9.59 Å². The molecule has 0 aliphatic heterocycles. The number of rotatable bonds is 6. The summed E-state index contributed by atoms with van der Waals surface area (Å²) in [5.74, 6) is -1.31. The third-order valence-corrected chi connectivity index (χ3v) is 3.61. The molecule has 0 aliphatic carbocycles. The van der Waals surface area contributed by atoms with Crippen molar-refractivity contribution in [3.8, 4) is 0 Å². The SMILES string of the molecule is CC(=O)Nc1ccc(C(=O)COC(=O)c2cccc(NC(=O)OC(C)(C)C)c2)cc1. The third-order valence-electron chi connectivity index (χ3n) is 3.61. The Morgan fingerprint density at radius 2 is 1.53 bits per heavy atom. The Morgan fingerprint density at radius 1 is 0.867 bits per heavy atom. The minimum atomic E-state index is -0.703. The second kappa shape index (κ2) is 9.69. The average Bonchev–Trinajstić information content (AvgIpc) is 2.64. The summed E-state index contributed by atoms with van der Waals surface area (Å²) in [7, 11) is 0. The van der Waals surface area contributed by atoms with Crippen molar-refractivity contribution < 1.29 is 28.7 Å². The van der Waals surface area contributed by atoms with Crippen molar-refractivity contribution in [2.24, 2.45) is 0 Å². The standard InChI is InChI=1S/C22H24N2O6/c1-14(25)23-17-10-8-15(9-11-17)19(26)13-29-20(27)16-6-5-7-18(12-16)24-21(28)30-22(2,3)4/h5-12H,13H2,1-4H3,(H,23,25)(H,24,28). The van der Waals surface area contributed by atoms with E-state index in [0.717, 1.165) is 0 Å². The molecule has 2 aromatic carbocycles. The van der Waals surface area contributed by atoms with Gasteiger partial charge in [-0.15, -0.1) is 0 Å². The molecule has 0 bridgehead atoms. The number of hydrogen-bond acceptors (Lipinski definition) is 6. The molecule has 0 saturated carbocycles. The summed E-state index contributed by atoms with van der Waals surface area (Å²) in [4.78, 5) is 47.3. The molecule has 30 heavy (non-hydrogen) atoms. The molecule has 158 valence electrons. The number of Topliss-reactive ketones (excluding diaryl/α,β-unsaturated/α-hetero) is 1. The van der Waals surface area contributed by atoms with Crippen LogP contribution in [0.3, 0.4) is 0 Å². The third kappa shape index (κ3) is 7.38. The highest BCUT2D eigenvalue weighted by Crippen LogP contribution is 2.15. The first-order chi connectivity index (χ1) is 14.0. The van der Waals surface area contributed by atoms with Crippen molar-refractivity contribution in [3.05, 3.63) is 59.7 Å². The fraction of sp³-hybridized carbons (Fsp3) is 0.273. The molecule has 8 nitrogen and oxygen atoms in total. The molecule has 0 saturated heterocycles.